The van der Waals surface area contributed by atoms with Crippen molar-refractivity contribution in [2.75, 3.05) is 11.5 Å². The van der Waals surface area contributed by atoms with Crippen LogP contribution in [0.1, 0.15) is 12.5 Å². The molecule has 12 heteroatoms. The number of barbiturate groups is 1. The molecule has 9 nitrogen and oxygen atoms in total. The van der Waals surface area contributed by atoms with Crippen molar-refractivity contribution in [1.82, 2.24) is 5.32 Å². The number of anilines is 1. The number of hydrogen-bond acceptors (Lipinski definition) is 7. The third-order valence-corrected chi connectivity index (χ3v) is 7.35. The number of ether oxygens (including phenoxy) is 1. The highest BCUT2D eigenvalue weighted by atomic mass is 79.9. The van der Waals surface area contributed by atoms with Gasteiger partial charge in [-0.2, -0.15) is 8.42 Å². The molecule has 1 fully saturated rings. The third kappa shape index (κ3) is 5.76. The highest BCUT2D eigenvalue weighted by Crippen LogP contribution is 2.37. The quantitative estimate of drug-likeness (QED) is 0.216. The second kappa shape index (κ2) is 10.9. The number of nitrogens with zero attached hydrogens (tertiary/aromatic N) is 1. The second-order valence-corrected chi connectivity index (χ2v) is 10.9. The first-order valence-electron chi connectivity index (χ1n) is 10.7. The number of nitrogens with one attached hydrogen (secondary N) is 1. The third-order valence-electron chi connectivity index (χ3n) is 5.07. The molecule has 1 N–H and O–H groups in total. The lowest BCUT2D eigenvalue weighted by Gasteiger charge is -2.26. The van der Waals surface area contributed by atoms with Crippen LogP contribution in [0.3, 0.4) is 0 Å². The number of benzene rings is 3. The Morgan fingerprint density at radius 3 is 2.30 bits per heavy atom. The Bertz CT molecular complexity index is 1520. The monoisotopic (exact) mass is 648 g/mol. The number of hydrogen-bond donors (Lipinski definition) is 1. The van der Waals surface area contributed by atoms with Crippen LogP contribution in [-0.2, 0) is 19.7 Å². The van der Waals surface area contributed by atoms with Gasteiger partial charge < -0.3 is 8.92 Å². The van der Waals surface area contributed by atoms with Gasteiger partial charge in [0, 0.05) is 10.0 Å². The lowest BCUT2D eigenvalue weighted by Crippen LogP contribution is -2.54. The van der Waals surface area contributed by atoms with E-state index in [1.54, 1.807) is 36.4 Å². The van der Waals surface area contributed by atoms with Crippen molar-refractivity contribution in [2.45, 2.75) is 11.8 Å². The van der Waals surface area contributed by atoms with E-state index >= 15 is 0 Å². The maximum absolute atomic E-state index is 13.3. The van der Waals surface area contributed by atoms with Gasteiger partial charge in [0.25, 0.3) is 11.8 Å². The van der Waals surface area contributed by atoms with Crippen LogP contribution in [0.15, 0.2) is 86.1 Å². The fourth-order valence-electron chi connectivity index (χ4n) is 3.43. The molecular weight excluding hydrogens is 632 g/mol. The first-order valence-corrected chi connectivity index (χ1v) is 13.7. The summed E-state index contributed by atoms with van der Waals surface area (Å²) in [7, 11) is -4.25. The maximum Gasteiger partial charge on any atom is 0.339 e. The molecule has 1 saturated heterocycles. The Hall–Kier alpha value is -3.48. The molecular formula is C25H18Br2N2O7S. The van der Waals surface area contributed by atoms with E-state index in [0.29, 0.717) is 16.8 Å². The SMILES string of the molecule is CCOc1ccc(N2C(=O)NC(=O)/C(=C\c3cc(Br)cc(Br)c3OS(=O)(=O)c3ccccc3)C2=O)cc1. The molecule has 0 spiro atoms. The molecule has 0 saturated carbocycles. The number of urea groups is 1. The van der Waals surface area contributed by atoms with Crippen molar-refractivity contribution in [3.05, 3.63) is 86.8 Å². The van der Waals surface area contributed by atoms with Crippen molar-refractivity contribution in [3.8, 4) is 11.5 Å². The van der Waals surface area contributed by atoms with E-state index in [9.17, 15) is 22.8 Å². The molecule has 0 radical (unpaired) electrons. The molecule has 3 aromatic rings. The van der Waals surface area contributed by atoms with Gasteiger partial charge in [0.2, 0.25) is 0 Å². The summed E-state index contributed by atoms with van der Waals surface area (Å²) < 4.78 is 37.3. The summed E-state index contributed by atoms with van der Waals surface area (Å²) in [6.07, 6.45) is 1.16. The van der Waals surface area contributed by atoms with Crippen LogP contribution in [0.5, 0.6) is 11.5 Å². The number of imide groups is 2. The minimum atomic E-state index is -4.25. The average Bonchev–Trinajstić information content (AvgIpc) is 2.85. The van der Waals surface area contributed by atoms with Gasteiger partial charge in [-0.25, -0.2) is 9.69 Å². The summed E-state index contributed by atoms with van der Waals surface area (Å²) in [5.74, 6) is -1.44. The predicted molar refractivity (Wildman–Crippen MR) is 143 cm³/mol. The van der Waals surface area contributed by atoms with Gasteiger partial charge in [0.1, 0.15) is 16.2 Å². The molecule has 0 atom stereocenters. The smallest absolute Gasteiger partial charge is 0.339 e. The van der Waals surface area contributed by atoms with Crippen molar-refractivity contribution in [1.29, 1.82) is 0 Å². The standard InChI is InChI=1S/C25H18Br2N2O7S/c1-2-35-18-10-8-17(9-11-18)29-24(31)20(23(30)28-25(29)32)13-15-12-16(26)14-21(27)22(15)36-37(33,34)19-6-4-3-5-7-19/h3-14H,2H2,1H3,(H,28,30,32)/b20-13+. The van der Waals surface area contributed by atoms with E-state index in [1.165, 1.54) is 30.3 Å². The zero-order valence-corrected chi connectivity index (χ0v) is 23.1. The highest BCUT2D eigenvalue weighted by Gasteiger charge is 2.37. The average molecular weight is 650 g/mol. The molecule has 0 aliphatic carbocycles. The van der Waals surface area contributed by atoms with Crippen molar-refractivity contribution >= 4 is 71.6 Å². The van der Waals surface area contributed by atoms with Crippen molar-refractivity contribution in [2.24, 2.45) is 0 Å². The lowest BCUT2D eigenvalue weighted by molar-refractivity contribution is -0.122. The Morgan fingerprint density at radius 2 is 1.65 bits per heavy atom. The van der Waals surface area contributed by atoms with E-state index in [-0.39, 0.29) is 26.4 Å². The van der Waals surface area contributed by atoms with Crippen molar-refractivity contribution in [3.63, 3.8) is 0 Å². The summed E-state index contributed by atoms with van der Waals surface area (Å²) in [5, 5.41) is 2.14. The Balaban J connectivity index is 1.75. The van der Waals surface area contributed by atoms with Crippen LogP contribution >= 0.6 is 31.9 Å². The fraction of sp³-hybridized carbons (Fsp3) is 0.0800. The molecule has 0 unspecified atom stereocenters. The number of rotatable bonds is 7. The fourth-order valence-corrected chi connectivity index (χ4v) is 5.86. The number of halogens is 2. The van der Waals surface area contributed by atoms with Crippen LogP contribution in [-0.4, -0.2) is 32.9 Å². The Kier molecular flexibility index (Phi) is 7.81. The largest absolute Gasteiger partial charge is 0.494 e. The lowest BCUT2D eigenvalue weighted by atomic mass is 10.1. The van der Waals surface area contributed by atoms with E-state index in [0.717, 1.165) is 11.0 Å². The molecule has 190 valence electrons. The zero-order valence-electron chi connectivity index (χ0n) is 19.1. The number of amides is 4. The van der Waals surface area contributed by atoms with E-state index in [1.807, 2.05) is 6.92 Å². The minimum Gasteiger partial charge on any atom is -0.494 e. The molecule has 37 heavy (non-hydrogen) atoms. The Labute approximate surface area is 229 Å². The van der Waals surface area contributed by atoms with Gasteiger partial charge in [-0.1, -0.05) is 34.1 Å². The summed E-state index contributed by atoms with van der Waals surface area (Å²) in [4.78, 5) is 39.2. The number of carbonyl (C=O) groups excluding carboxylic acids is 3. The molecule has 4 rings (SSSR count). The van der Waals surface area contributed by atoms with Crippen LogP contribution < -0.4 is 19.1 Å². The minimum absolute atomic E-state index is 0.0813. The normalized spacial score (nSPS) is 15.1. The maximum atomic E-state index is 13.3. The van der Waals surface area contributed by atoms with Crippen LogP contribution in [0.2, 0.25) is 0 Å². The van der Waals surface area contributed by atoms with Gasteiger partial charge in [-0.15, -0.1) is 0 Å². The Morgan fingerprint density at radius 1 is 0.973 bits per heavy atom. The summed E-state index contributed by atoms with van der Waals surface area (Å²) in [5.41, 5.74) is -0.0939. The summed E-state index contributed by atoms with van der Waals surface area (Å²) in [6.45, 7) is 2.26. The van der Waals surface area contributed by atoms with E-state index in [4.69, 9.17) is 8.92 Å². The molecule has 0 bridgehead atoms. The van der Waals surface area contributed by atoms with Gasteiger partial charge in [0.15, 0.2) is 5.75 Å². The van der Waals surface area contributed by atoms with Gasteiger partial charge in [-0.3, -0.25) is 14.9 Å². The van der Waals surface area contributed by atoms with Gasteiger partial charge in [0.05, 0.1) is 16.8 Å². The van der Waals surface area contributed by atoms with Crippen LogP contribution in [0.4, 0.5) is 10.5 Å². The van der Waals surface area contributed by atoms with Crippen LogP contribution in [0.25, 0.3) is 6.08 Å². The first kappa shape index (κ1) is 26.6. The summed E-state index contributed by atoms with van der Waals surface area (Å²) in [6, 6.07) is 15.8. The van der Waals surface area contributed by atoms with E-state index in [2.05, 4.69) is 37.2 Å². The van der Waals surface area contributed by atoms with Crippen LogP contribution in [0, 0.1) is 0 Å². The first-order chi connectivity index (χ1) is 17.6. The number of carbonyl (C=O) groups is 3. The molecule has 1 aliphatic rings. The second-order valence-electron chi connectivity index (χ2n) is 7.54. The van der Waals surface area contributed by atoms with E-state index < -0.39 is 33.5 Å². The molecule has 1 heterocycles. The molecule has 3 aromatic carbocycles. The highest BCUT2D eigenvalue weighted by molar-refractivity contribution is 9.11. The molecule has 1 aliphatic heterocycles. The molecule has 4 amide bonds. The molecule has 0 aromatic heterocycles. The zero-order chi connectivity index (χ0) is 26.7. The van der Waals surface area contributed by atoms with Gasteiger partial charge >= 0.3 is 16.1 Å². The van der Waals surface area contributed by atoms with Crippen molar-refractivity contribution < 1.29 is 31.7 Å². The van der Waals surface area contributed by atoms with Gasteiger partial charge in [-0.05, 0) is 77.5 Å². The predicted octanol–water partition coefficient (Wildman–Crippen LogP) is 5.04. The topological polar surface area (TPSA) is 119 Å². The summed E-state index contributed by atoms with van der Waals surface area (Å²) >= 11 is 6.60.